The monoisotopic (exact) mass is 253 g/mol. The van der Waals surface area contributed by atoms with Gasteiger partial charge in [0.1, 0.15) is 0 Å². The number of nitrogens with one attached hydrogen (secondary N) is 1. The highest BCUT2D eigenvalue weighted by atomic mass is 16.6. The molecule has 0 heterocycles. The van der Waals surface area contributed by atoms with Gasteiger partial charge in [0.15, 0.2) is 5.78 Å². The van der Waals surface area contributed by atoms with E-state index in [2.05, 4.69) is 10.3 Å². The zero-order valence-electron chi connectivity index (χ0n) is 10.3. The Balaban J connectivity index is 2.10. The van der Waals surface area contributed by atoms with E-state index in [1.165, 1.54) is 7.11 Å². The molecule has 0 bridgehead atoms. The molecule has 0 radical (unpaired) electrons. The summed E-state index contributed by atoms with van der Waals surface area (Å²) in [5, 5.41) is 0. The first-order chi connectivity index (χ1) is 9.22. The lowest BCUT2D eigenvalue weighted by Crippen LogP contribution is -2.21. The lowest BCUT2D eigenvalue weighted by molar-refractivity contribution is 0.0537. The number of hydrogen-bond donors (Lipinski definition) is 1. The molecule has 1 N–H and O–H groups in total. The first kappa shape index (κ1) is 11.6. The van der Waals surface area contributed by atoms with Crippen LogP contribution in [0.5, 0.6) is 0 Å². The number of hydroxylamine groups is 1. The molecule has 2 aromatic rings. The maximum Gasteiger partial charge on any atom is 0.274 e. The van der Waals surface area contributed by atoms with Crippen molar-refractivity contribution in [2.75, 3.05) is 7.11 Å². The average molecular weight is 253 g/mol. The lowest BCUT2D eigenvalue weighted by Gasteiger charge is -2.04. The predicted octanol–water partition coefficient (Wildman–Crippen LogP) is 2.19. The molecule has 1 aliphatic carbocycles. The van der Waals surface area contributed by atoms with Crippen molar-refractivity contribution in [1.82, 2.24) is 5.48 Å². The van der Waals surface area contributed by atoms with Gasteiger partial charge in [-0.25, -0.2) is 5.48 Å². The van der Waals surface area contributed by atoms with E-state index in [1.807, 2.05) is 18.2 Å². The van der Waals surface area contributed by atoms with Crippen LogP contribution in [0.1, 0.15) is 26.3 Å². The lowest BCUT2D eigenvalue weighted by atomic mass is 10.0. The summed E-state index contributed by atoms with van der Waals surface area (Å²) >= 11 is 0. The van der Waals surface area contributed by atoms with E-state index in [4.69, 9.17) is 0 Å². The molecule has 2 aromatic carbocycles. The van der Waals surface area contributed by atoms with Crippen LogP contribution in [0.2, 0.25) is 0 Å². The molecule has 1 amide bonds. The molecule has 19 heavy (non-hydrogen) atoms. The van der Waals surface area contributed by atoms with Crippen molar-refractivity contribution in [1.29, 1.82) is 0 Å². The molecular formula is C15H11NO3. The summed E-state index contributed by atoms with van der Waals surface area (Å²) in [4.78, 5) is 28.5. The van der Waals surface area contributed by atoms with Gasteiger partial charge in [0.05, 0.1) is 7.11 Å². The number of ketones is 1. The molecule has 0 spiro atoms. The summed E-state index contributed by atoms with van der Waals surface area (Å²) in [6.07, 6.45) is 0. The number of carbonyl (C=O) groups excluding carboxylic acids is 2. The van der Waals surface area contributed by atoms with E-state index in [1.54, 1.807) is 24.3 Å². The first-order valence-electron chi connectivity index (χ1n) is 5.84. The zero-order valence-corrected chi connectivity index (χ0v) is 10.3. The van der Waals surface area contributed by atoms with Crippen LogP contribution in [0.3, 0.4) is 0 Å². The Bertz CT molecular complexity index is 692. The quantitative estimate of drug-likeness (QED) is 0.712. The van der Waals surface area contributed by atoms with Crippen LogP contribution in [0, 0.1) is 0 Å². The molecule has 0 unspecified atom stereocenters. The summed E-state index contributed by atoms with van der Waals surface area (Å²) < 4.78 is 0. The van der Waals surface area contributed by atoms with Crippen molar-refractivity contribution in [3.8, 4) is 11.1 Å². The SMILES string of the molecule is CONC(=O)c1ccc2c(c1)C(=O)c1ccccc1-2. The van der Waals surface area contributed by atoms with Gasteiger partial charge in [0.25, 0.3) is 5.91 Å². The smallest absolute Gasteiger partial charge is 0.274 e. The zero-order chi connectivity index (χ0) is 13.4. The Kier molecular flexibility index (Phi) is 2.65. The van der Waals surface area contributed by atoms with Crippen molar-refractivity contribution < 1.29 is 14.4 Å². The minimum Gasteiger partial charge on any atom is -0.289 e. The van der Waals surface area contributed by atoms with Gasteiger partial charge in [-0.05, 0) is 23.3 Å². The fourth-order valence-corrected chi connectivity index (χ4v) is 2.32. The number of hydrogen-bond acceptors (Lipinski definition) is 3. The fraction of sp³-hybridized carbons (Fsp3) is 0.0667. The predicted molar refractivity (Wildman–Crippen MR) is 69.8 cm³/mol. The second-order valence-corrected chi connectivity index (χ2v) is 4.27. The van der Waals surface area contributed by atoms with Gasteiger partial charge < -0.3 is 0 Å². The standard InChI is InChI=1S/C15H11NO3/c1-19-16-15(18)9-6-7-11-10-4-2-3-5-12(10)14(17)13(11)8-9/h2-8H,1H3,(H,16,18). The summed E-state index contributed by atoms with van der Waals surface area (Å²) in [5.41, 5.74) is 5.67. The molecule has 94 valence electrons. The molecule has 0 atom stereocenters. The topological polar surface area (TPSA) is 55.4 Å². The third kappa shape index (κ3) is 1.73. The van der Waals surface area contributed by atoms with Crippen molar-refractivity contribution in [3.63, 3.8) is 0 Å². The van der Waals surface area contributed by atoms with E-state index in [9.17, 15) is 9.59 Å². The van der Waals surface area contributed by atoms with Gasteiger partial charge in [0.2, 0.25) is 0 Å². The largest absolute Gasteiger partial charge is 0.289 e. The third-order valence-corrected chi connectivity index (χ3v) is 3.18. The van der Waals surface area contributed by atoms with E-state index in [0.29, 0.717) is 16.7 Å². The molecule has 4 nitrogen and oxygen atoms in total. The molecule has 3 rings (SSSR count). The molecule has 4 heteroatoms. The summed E-state index contributed by atoms with van der Waals surface area (Å²) in [6.45, 7) is 0. The molecule has 0 aromatic heterocycles. The highest BCUT2D eigenvalue weighted by Crippen LogP contribution is 2.36. The minimum absolute atomic E-state index is 0.0438. The second-order valence-electron chi connectivity index (χ2n) is 4.27. The van der Waals surface area contributed by atoms with E-state index in [-0.39, 0.29) is 11.7 Å². The van der Waals surface area contributed by atoms with Gasteiger partial charge in [-0.3, -0.25) is 14.4 Å². The van der Waals surface area contributed by atoms with Crippen LogP contribution < -0.4 is 5.48 Å². The molecule has 0 fully saturated rings. The average Bonchev–Trinajstić information content (AvgIpc) is 2.73. The maximum absolute atomic E-state index is 12.3. The fourth-order valence-electron chi connectivity index (χ4n) is 2.32. The highest BCUT2D eigenvalue weighted by molar-refractivity contribution is 6.22. The van der Waals surface area contributed by atoms with E-state index in [0.717, 1.165) is 11.1 Å². The normalized spacial score (nSPS) is 11.9. The van der Waals surface area contributed by atoms with Gasteiger partial charge in [-0.2, -0.15) is 0 Å². The van der Waals surface area contributed by atoms with Crippen molar-refractivity contribution in [2.24, 2.45) is 0 Å². The first-order valence-corrected chi connectivity index (χ1v) is 5.84. The Hall–Kier alpha value is -2.46. The van der Waals surface area contributed by atoms with Crippen LogP contribution in [0.25, 0.3) is 11.1 Å². The van der Waals surface area contributed by atoms with Crippen LogP contribution in [-0.2, 0) is 4.84 Å². The Morgan fingerprint density at radius 2 is 1.68 bits per heavy atom. The van der Waals surface area contributed by atoms with Crippen LogP contribution >= 0.6 is 0 Å². The van der Waals surface area contributed by atoms with Crippen LogP contribution in [0.4, 0.5) is 0 Å². The van der Waals surface area contributed by atoms with Crippen molar-refractivity contribution in [2.45, 2.75) is 0 Å². The Labute approximate surface area is 110 Å². The van der Waals surface area contributed by atoms with Gasteiger partial charge in [-0.1, -0.05) is 30.3 Å². The van der Waals surface area contributed by atoms with Crippen LogP contribution in [-0.4, -0.2) is 18.8 Å². The van der Waals surface area contributed by atoms with Crippen LogP contribution in [0.15, 0.2) is 42.5 Å². The van der Waals surface area contributed by atoms with Crippen molar-refractivity contribution in [3.05, 3.63) is 59.2 Å². The summed E-state index contributed by atoms with van der Waals surface area (Å²) in [6, 6.07) is 12.5. The van der Waals surface area contributed by atoms with Gasteiger partial charge in [0, 0.05) is 16.7 Å². The van der Waals surface area contributed by atoms with Gasteiger partial charge >= 0.3 is 0 Å². The molecule has 0 saturated heterocycles. The second kappa shape index (κ2) is 4.33. The van der Waals surface area contributed by atoms with Crippen molar-refractivity contribution >= 4 is 11.7 Å². The number of rotatable bonds is 2. The molecular weight excluding hydrogens is 242 g/mol. The molecule has 0 aliphatic heterocycles. The minimum atomic E-state index is -0.367. The maximum atomic E-state index is 12.3. The summed E-state index contributed by atoms with van der Waals surface area (Å²) in [5.74, 6) is -0.410. The highest BCUT2D eigenvalue weighted by Gasteiger charge is 2.26. The summed E-state index contributed by atoms with van der Waals surface area (Å²) in [7, 11) is 1.37. The number of amides is 1. The Morgan fingerprint density at radius 3 is 2.42 bits per heavy atom. The Morgan fingerprint density at radius 1 is 1.00 bits per heavy atom. The molecule has 1 aliphatic rings. The number of benzene rings is 2. The molecule has 0 saturated carbocycles. The third-order valence-electron chi connectivity index (χ3n) is 3.18. The number of fused-ring (bicyclic) bond motifs is 3. The van der Waals surface area contributed by atoms with E-state index < -0.39 is 0 Å². The number of carbonyl (C=O) groups is 2. The van der Waals surface area contributed by atoms with Gasteiger partial charge in [-0.15, -0.1) is 0 Å². The van der Waals surface area contributed by atoms with E-state index >= 15 is 0 Å².